The molecule has 0 aliphatic rings. The van der Waals surface area contributed by atoms with Gasteiger partial charge in [0.15, 0.2) is 0 Å². The average molecular weight is 216 g/mol. The van der Waals surface area contributed by atoms with Gasteiger partial charge in [0.2, 0.25) is 0 Å². The first kappa shape index (κ1) is 14.3. The maximum atomic E-state index is 5.60. The third-order valence-electron chi connectivity index (χ3n) is 2.67. The minimum Gasteiger partial charge on any atom is -0.498 e. The summed E-state index contributed by atoms with van der Waals surface area (Å²) >= 11 is 0. The Hall–Kier alpha value is -0.700. The lowest BCUT2D eigenvalue weighted by molar-refractivity contribution is 0.0927. The van der Waals surface area contributed by atoms with Crippen LogP contribution in [0.2, 0.25) is 0 Å². The Balaban J connectivity index is 3.97. The van der Waals surface area contributed by atoms with Crippen LogP contribution in [0.15, 0.2) is 12.0 Å². The van der Waals surface area contributed by atoms with Crippen LogP contribution in [0.3, 0.4) is 0 Å². The first-order valence-electron chi connectivity index (χ1n) is 5.53. The molecule has 2 atom stereocenters. The second-order valence-electron chi connectivity index (χ2n) is 3.76. The highest BCUT2D eigenvalue weighted by molar-refractivity contribution is 4.87. The van der Waals surface area contributed by atoms with Gasteiger partial charge in [-0.1, -0.05) is 20.3 Å². The van der Waals surface area contributed by atoms with E-state index < -0.39 is 0 Å². The number of ether oxygens (including phenoxy) is 3. The minimum absolute atomic E-state index is 0.225. The van der Waals surface area contributed by atoms with E-state index in [0.717, 1.165) is 18.6 Å². The van der Waals surface area contributed by atoms with Crippen molar-refractivity contribution in [3.05, 3.63) is 12.0 Å². The summed E-state index contributed by atoms with van der Waals surface area (Å²) in [6.45, 7) is 7.07. The predicted molar refractivity (Wildman–Crippen MR) is 61.6 cm³/mol. The standard InChI is InChI=1S/C12H24O3/c1-6-10(2)11(3)15-9-12(14-5)7-8-13-4/h9-11H,6-8H2,1-5H3. The van der Waals surface area contributed by atoms with E-state index in [1.807, 2.05) is 0 Å². The van der Waals surface area contributed by atoms with Crippen LogP contribution in [0.25, 0.3) is 0 Å². The van der Waals surface area contributed by atoms with Crippen molar-refractivity contribution in [3.63, 3.8) is 0 Å². The highest BCUT2D eigenvalue weighted by Gasteiger charge is 2.10. The molecule has 3 heteroatoms. The number of rotatable bonds is 8. The van der Waals surface area contributed by atoms with E-state index in [0.29, 0.717) is 12.5 Å². The van der Waals surface area contributed by atoms with Gasteiger partial charge >= 0.3 is 0 Å². The fraction of sp³-hybridized carbons (Fsp3) is 0.833. The molecule has 0 aliphatic heterocycles. The Morgan fingerprint density at radius 3 is 2.40 bits per heavy atom. The summed E-state index contributed by atoms with van der Waals surface area (Å²) in [5.74, 6) is 1.38. The molecule has 0 aromatic carbocycles. The number of hydrogen-bond donors (Lipinski definition) is 0. The molecule has 0 saturated carbocycles. The van der Waals surface area contributed by atoms with Crippen LogP contribution in [-0.4, -0.2) is 26.9 Å². The van der Waals surface area contributed by atoms with Crippen molar-refractivity contribution in [2.24, 2.45) is 5.92 Å². The smallest absolute Gasteiger partial charge is 0.132 e. The van der Waals surface area contributed by atoms with Crippen molar-refractivity contribution in [2.45, 2.75) is 39.7 Å². The van der Waals surface area contributed by atoms with E-state index in [1.165, 1.54) is 0 Å². The van der Waals surface area contributed by atoms with Crippen LogP contribution in [0.5, 0.6) is 0 Å². The fourth-order valence-corrected chi connectivity index (χ4v) is 1.06. The van der Waals surface area contributed by atoms with E-state index in [2.05, 4.69) is 20.8 Å². The summed E-state index contributed by atoms with van der Waals surface area (Å²) in [5.41, 5.74) is 0. The maximum absolute atomic E-state index is 5.60. The predicted octanol–water partition coefficient (Wildman–Crippen LogP) is 2.96. The van der Waals surface area contributed by atoms with Gasteiger partial charge < -0.3 is 14.2 Å². The molecule has 0 saturated heterocycles. The van der Waals surface area contributed by atoms with Crippen LogP contribution < -0.4 is 0 Å². The highest BCUT2D eigenvalue weighted by Crippen LogP contribution is 2.12. The summed E-state index contributed by atoms with van der Waals surface area (Å²) in [7, 11) is 3.33. The highest BCUT2D eigenvalue weighted by atomic mass is 16.5. The molecule has 0 bridgehead atoms. The Labute approximate surface area is 93.4 Å². The van der Waals surface area contributed by atoms with E-state index in [4.69, 9.17) is 14.2 Å². The van der Waals surface area contributed by atoms with Crippen molar-refractivity contribution >= 4 is 0 Å². The second-order valence-corrected chi connectivity index (χ2v) is 3.76. The molecule has 0 radical (unpaired) electrons. The van der Waals surface area contributed by atoms with E-state index in [9.17, 15) is 0 Å². The topological polar surface area (TPSA) is 27.7 Å². The van der Waals surface area contributed by atoms with Crippen LogP contribution in [0, 0.1) is 5.92 Å². The molecular formula is C12H24O3. The van der Waals surface area contributed by atoms with Gasteiger partial charge in [0, 0.05) is 13.5 Å². The van der Waals surface area contributed by atoms with Gasteiger partial charge in [-0.3, -0.25) is 0 Å². The van der Waals surface area contributed by atoms with Crippen LogP contribution in [0.1, 0.15) is 33.6 Å². The zero-order chi connectivity index (χ0) is 11.7. The average Bonchev–Trinajstić information content (AvgIpc) is 2.27. The summed E-state index contributed by atoms with van der Waals surface area (Å²) in [5, 5.41) is 0. The normalized spacial score (nSPS) is 15.9. The molecule has 0 fully saturated rings. The molecule has 0 aromatic rings. The van der Waals surface area contributed by atoms with E-state index >= 15 is 0 Å². The van der Waals surface area contributed by atoms with Gasteiger partial charge in [-0.2, -0.15) is 0 Å². The second kappa shape index (κ2) is 8.60. The van der Waals surface area contributed by atoms with Crippen molar-refractivity contribution < 1.29 is 14.2 Å². The van der Waals surface area contributed by atoms with Crippen LogP contribution in [-0.2, 0) is 14.2 Å². The van der Waals surface area contributed by atoms with Crippen LogP contribution >= 0.6 is 0 Å². The van der Waals surface area contributed by atoms with Crippen molar-refractivity contribution in [1.82, 2.24) is 0 Å². The molecule has 0 rings (SSSR count). The molecule has 0 heterocycles. The molecule has 3 nitrogen and oxygen atoms in total. The van der Waals surface area contributed by atoms with Crippen molar-refractivity contribution in [1.29, 1.82) is 0 Å². The third-order valence-corrected chi connectivity index (χ3v) is 2.67. The lowest BCUT2D eigenvalue weighted by atomic mass is 10.0. The molecule has 0 N–H and O–H groups in total. The molecule has 0 amide bonds. The molecule has 2 unspecified atom stereocenters. The first-order valence-corrected chi connectivity index (χ1v) is 5.53. The van der Waals surface area contributed by atoms with Gasteiger partial charge in [-0.15, -0.1) is 0 Å². The maximum Gasteiger partial charge on any atom is 0.132 e. The van der Waals surface area contributed by atoms with E-state index in [1.54, 1.807) is 20.5 Å². The van der Waals surface area contributed by atoms with Gasteiger partial charge in [0.05, 0.1) is 19.8 Å². The van der Waals surface area contributed by atoms with Gasteiger partial charge in [-0.05, 0) is 12.8 Å². The molecule has 0 aromatic heterocycles. The largest absolute Gasteiger partial charge is 0.498 e. The zero-order valence-corrected chi connectivity index (χ0v) is 10.6. The van der Waals surface area contributed by atoms with E-state index in [-0.39, 0.29) is 6.10 Å². The number of hydrogen-bond acceptors (Lipinski definition) is 3. The Morgan fingerprint density at radius 2 is 1.93 bits per heavy atom. The van der Waals surface area contributed by atoms with Gasteiger partial charge in [0.25, 0.3) is 0 Å². The van der Waals surface area contributed by atoms with Gasteiger partial charge in [-0.25, -0.2) is 0 Å². The summed E-state index contributed by atoms with van der Waals surface area (Å²) in [4.78, 5) is 0. The molecule has 0 aliphatic carbocycles. The summed E-state index contributed by atoms with van der Waals surface area (Å²) < 4.78 is 15.7. The summed E-state index contributed by atoms with van der Waals surface area (Å²) in [6.07, 6.45) is 3.80. The quantitative estimate of drug-likeness (QED) is 0.584. The monoisotopic (exact) mass is 216 g/mol. The molecule has 15 heavy (non-hydrogen) atoms. The fourth-order valence-electron chi connectivity index (χ4n) is 1.06. The summed E-state index contributed by atoms with van der Waals surface area (Å²) in [6, 6.07) is 0. The molecule has 0 spiro atoms. The van der Waals surface area contributed by atoms with Crippen LogP contribution in [0.4, 0.5) is 0 Å². The lowest BCUT2D eigenvalue weighted by Crippen LogP contribution is -2.15. The third kappa shape index (κ3) is 6.39. The van der Waals surface area contributed by atoms with Gasteiger partial charge in [0.1, 0.15) is 12.0 Å². The molecular weight excluding hydrogens is 192 g/mol. The Kier molecular flexibility index (Phi) is 8.19. The Morgan fingerprint density at radius 1 is 1.27 bits per heavy atom. The van der Waals surface area contributed by atoms with Crippen molar-refractivity contribution in [2.75, 3.05) is 20.8 Å². The molecule has 90 valence electrons. The minimum atomic E-state index is 0.225. The number of methoxy groups -OCH3 is 2. The zero-order valence-electron chi connectivity index (χ0n) is 10.6. The Bertz CT molecular complexity index is 178. The SMILES string of the molecule is CCC(C)C(C)OC=C(CCOC)OC. The first-order chi connectivity index (χ1) is 7.15. The van der Waals surface area contributed by atoms with Crippen molar-refractivity contribution in [3.8, 4) is 0 Å². The lowest BCUT2D eigenvalue weighted by Gasteiger charge is -2.18.